The van der Waals surface area contributed by atoms with Crippen LogP contribution >= 0.6 is 0 Å². The third-order valence-electron chi connectivity index (χ3n) is 4.18. The highest BCUT2D eigenvalue weighted by Gasteiger charge is 2.23. The van der Waals surface area contributed by atoms with Gasteiger partial charge >= 0.3 is 6.03 Å². The Balaban J connectivity index is 2.13. The monoisotopic (exact) mass is 322 g/mol. The van der Waals surface area contributed by atoms with Crippen molar-refractivity contribution in [1.82, 2.24) is 20.0 Å². The molecule has 0 fully saturated rings. The zero-order chi connectivity index (χ0) is 17.1. The molecular weight excluding hydrogens is 300 g/mol. The van der Waals surface area contributed by atoms with E-state index in [1.807, 2.05) is 48.0 Å². The Hall–Kier alpha value is -2.82. The van der Waals surface area contributed by atoms with Crippen LogP contribution in [0.25, 0.3) is 5.65 Å². The van der Waals surface area contributed by atoms with Gasteiger partial charge in [0.2, 0.25) is 0 Å². The maximum absolute atomic E-state index is 12.2. The molecule has 3 aromatic rings. The minimum absolute atomic E-state index is 0.184. The highest BCUT2D eigenvalue weighted by atomic mass is 16.2. The summed E-state index contributed by atoms with van der Waals surface area (Å²) < 4.78 is 2.02. The number of hydrogen-bond donors (Lipinski definition) is 2. The summed E-state index contributed by atoms with van der Waals surface area (Å²) in [7, 11) is 0. The number of urea groups is 1. The Kier molecular flexibility index (Phi) is 4.51. The smallest absolute Gasteiger partial charge is 0.315 e. The first-order valence-electron chi connectivity index (χ1n) is 8.14. The number of aromatic nitrogens is 2. The van der Waals surface area contributed by atoms with Crippen molar-refractivity contribution in [2.75, 3.05) is 6.54 Å². The molecule has 0 spiro atoms. The molecule has 3 rings (SSSR count). The topological polar surface area (TPSA) is 58.4 Å². The Bertz CT molecular complexity index is 848. The molecular formula is C19H22N4O. The number of benzene rings is 1. The number of carbonyl (C=O) groups excluding carboxylic acids is 1. The SMILES string of the molecule is CCNC(=O)NC(c1c(C)cccc1C)c1cnc2ccccn12. The van der Waals surface area contributed by atoms with Gasteiger partial charge in [0, 0.05) is 12.7 Å². The van der Waals surface area contributed by atoms with Gasteiger partial charge in [0.05, 0.1) is 17.9 Å². The average molecular weight is 322 g/mol. The van der Waals surface area contributed by atoms with E-state index >= 15 is 0 Å². The molecule has 2 heterocycles. The molecule has 2 aromatic heterocycles. The molecule has 2 N–H and O–H groups in total. The van der Waals surface area contributed by atoms with Crippen LogP contribution in [0.2, 0.25) is 0 Å². The average Bonchev–Trinajstić information content (AvgIpc) is 2.98. The van der Waals surface area contributed by atoms with Crippen molar-refractivity contribution >= 4 is 11.7 Å². The van der Waals surface area contributed by atoms with Crippen molar-refractivity contribution < 1.29 is 4.79 Å². The second-order valence-electron chi connectivity index (χ2n) is 5.85. The number of aryl methyl sites for hydroxylation is 2. The molecule has 0 radical (unpaired) electrons. The van der Waals surface area contributed by atoms with E-state index in [1.54, 1.807) is 0 Å². The molecule has 2 amide bonds. The van der Waals surface area contributed by atoms with Gasteiger partial charge in [0.1, 0.15) is 5.65 Å². The molecule has 0 aliphatic heterocycles. The Labute approximate surface area is 141 Å². The third-order valence-corrected chi connectivity index (χ3v) is 4.18. The van der Waals surface area contributed by atoms with Gasteiger partial charge in [-0.25, -0.2) is 9.78 Å². The number of amides is 2. The lowest BCUT2D eigenvalue weighted by Gasteiger charge is -2.23. The van der Waals surface area contributed by atoms with Gasteiger partial charge in [0.25, 0.3) is 0 Å². The van der Waals surface area contributed by atoms with Crippen LogP contribution in [0.4, 0.5) is 4.79 Å². The van der Waals surface area contributed by atoms with Crippen LogP contribution in [0.15, 0.2) is 48.8 Å². The molecule has 1 unspecified atom stereocenters. The molecule has 0 saturated heterocycles. The normalized spacial score (nSPS) is 12.1. The quantitative estimate of drug-likeness (QED) is 0.774. The summed E-state index contributed by atoms with van der Waals surface area (Å²) in [6.07, 6.45) is 3.80. The van der Waals surface area contributed by atoms with Gasteiger partial charge in [-0.1, -0.05) is 24.3 Å². The third kappa shape index (κ3) is 2.97. The molecule has 1 aromatic carbocycles. The van der Waals surface area contributed by atoms with Gasteiger partial charge in [-0.3, -0.25) is 0 Å². The van der Waals surface area contributed by atoms with E-state index in [1.165, 1.54) is 0 Å². The molecule has 0 aliphatic rings. The Morgan fingerprint density at radius 2 is 1.92 bits per heavy atom. The minimum Gasteiger partial charge on any atom is -0.338 e. The standard InChI is InChI=1S/C19H22N4O/c1-4-20-19(24)22-18(17-13(2)8-7-9-14(17)3)15-12-21-16-10-5-6-11-23(15)16/h5-12,18H,4H2,1-3H3,(H2,20,22,24). The van der Waals surface area contributed by atoms with Crippen molar-refractivity contribution in [3.05, 3.63) is 71.2 Å². The van der Waals surface area contributed by atoms with Crippen LogP contribution in [0.1, 0.15) is 35.3 Å². The van der Waals surface area contributed by atoms with E-state index in [-0.39, 0.29) is 12.1 Å². The molecule has 5 heteroatoms. The first kappa shape index (κ1) is 16.1. The van der Waals surface area contributed by atoms with E-state index < -0.39 is 0 Å². The van der Waals surface area contributed by atoms with Gasteiger partial charge in [0.15, 0.2) is 0 Å². The maximum atomic E-state index is 12.2. The van der Waals surface area contributed by atoms with Crippen molar-refractivity contribution in [1.29, 1.82) is 0 Å². The number of fused-ring (bicyclic) bond motifs is 1. The summed E-state index contributed by atoms with van der Waals surface area (Å²) >= 11 is 0. The van der Waals surface area contributed by atoms with Crippen LogP contribution < -0.4 is 10.6 Å². The second-order valence-corrected chi connectivity index (χ2v) is 5.85. The highest BCUT2D eigenvalue weighted by molar-refractivity contribution is 5.75. The molecule has 0 bridgehead atoms. The van der Waals surface area contributed by atoms with Gasteiger partial charge in [-0.05, 0) is 49.6 Å². The summed E-state index contributed by atoms with van der Waals surface area (Å²) in [6.45, 7) is 6.62. The summed E-state index contributed by atoms with van der Waals surface area (Å²) in [5.74, 6) is 0. The Morgan fingerprint density at radius 1 is 1.17 bits per heavy atom. The molecule has 5 nitrogen and oxygen atoms in total. The fraction of sp³-hybridized carbons (Fsp3) is 0.263. The number of rotatable bonds is 4. The molecule has 0 aliphatic carbocycles. The summed E-state index contributed by atoms with van der Waals surface area (Å²) in [5.41, 5.74) is 5.19. The van der Waals surface area contributed by atoms with Gasteiger partial charge in [-0.2, -0.15) is 0 Å². The van der Waals surface area contributed by atoms with Crippen LogP contribution in [-0.2, 0) is 0 Å². The van der Waals surface area contributed by atoms with Crippen molar-refractivity contribution in [2.45, 2.75) is 26.8 Å². The highest BCUT2D eigenvalue weighted by Crippen LogP contribution is 2.28. The molecule has 1 atom stereocenters. The largest absolute Gasteiger partial charge is 0.338 e. The Morgan fingerprint density at radius 3 is 2.62 bits per heavy atom. The first-order valence-corrected chi connectivity index (χ1v) is 8.14. The predicted octanol–water partition coefficient (Wildman–Crippen LogP) is 3.36. The van der Waals surface area contributed by atoms with Crippen LogP contribution in [0.3, 0.4) is 0 Å². The first-order chi connectivity index (χ1) is 11.6. The number of carbonyl (C=O) groups is 1. The van der Waals surface area contributed by atoms with Crippen LogP contribution in [0, 0.1) is 13.8 Å². The lowest BCUT2D eigenvalue weighted by Crippen LogP contribution is -2.39. The van der Waals surface area contributed by atoms with E-state index in [2.05, 4.69) is 41.6 Å². The lowest BCUT2D eigenvalue weighted by molar-refractivity contribution is 0.239. The number of pyridine rings is 1. The number of nitrogens with zero attached hydrogens (tertiary/aromatic N) is 2. The van der Waals surface area contributed by atoms with E-state index in [4.69, 9.17) is 0 Å². The number of hydrogen-bond acceptors (Lipinski definition) is 2. The van der Waals surface area contributed by atoms with Gasteiger partial charge < -0.3 is 15.0 Å². The summed E-state index contributed by atoms with van der Waals surface area (Å²) in [5, 5.41) is 5.91. The zero-order valence-electron chi connectivity index (χ0n) is 14.2. The van der Waals surface area contributed by atoms with E-state index in [0.29, 0.717) is 6.54 Å². The van der Waals surface area contributed by atoms with Gasteiger partial charge in [-0.15, -0.1) is 0 Å². The minimum atomic E-state index is -0.268. The van der Waals surface area contributed by atoms with Crippen LogP contribution in [-0.4, -0.2) is 22.0 Å². The van der Waals surface area contributed by atoms with E-state index in [0.717, 1.165) is 28.0 Å². The van der Waals surface area contributed by atoms with Crippen molar-refractivity contribution in [2.24, 2.45) is 0 Å². The van der Waals surface area contributed by atoms with Crippen molar-refractivity contribution in [3.8, 4) is 0 Å². The maximum Gasteiger partial charge on any atom is 0.315 e. The van der Waals surface area contributed by atoms with E-state index in [9.17, 15) is 4.79 Å². The fourth-order valence-electron chi connectivity index (χ4n) is 3.09. The zero-order valence-corrected chi connectivity index (χ0v) is 14.2. The molecule has 124 valence electrons. The van der Waals surface area contributed by atoms with Crippen LogP contribution in [0.5, 0.6) is 0 Å². The molecule has 24 heavy (non-hydrogen) atoms. The van der Waals surface area contributed by atoms with Crippen molar-refractivity contribution in [3.63, 3.8) is 0 Å². The fourth-order valence-corrected chi connectivity index (χ4v) is 3.09. The molecule has 0 saturated carbocycles. The lowest BCUT2D eigenvalue weighted by atomic mass is 9.94. The second kappa shape index (κ2) is 6.74. The predicted molar refractivity (Wildman–Crippen MR) is 95.2 cm³/mol. The summed E-state index contributed by atoms with van der Waals surface area (Å²) in [6, 6.07) is 11.6. The summed E-state index contributed by atoms with van der Waals surface area (Å²) in [4.78, 5) is 16.7. The number of nitrogens with one attached hydrogen (secondary N) is 2. The number of imidazole rings is 1.